The smallest absolute Gasteiger partial charge is 0.253 e. The van der Waals surface area contributed by atoms with Crippen LogP contribution in [0.1, 0.15) is 32.0 Å². The molecule has 0 amide bonds. The Bertz CT molecular complexity index is 208. The number of aromatic nitrogens is 2. The molecule has 1 rings (SSSR count). The van der Waals surface area contributed by atoms with Gasteiger partial charge in [-0.1, -0.05) is 19.8 Å². The van der Waals surface area contributed by atoms with Crippen molar-refractivity contribution in [2.24, 2.45) is 7.05 Å². The number of halogens is 1. The Morgan fingerprint density at radius 2 is 2.17 bits per heavy atom. The minimum absolute atomic E-state index is 0. The lowest BCUT2D eigenvalue weighted by Crippen LogP contribution is -3.00. The molecule has 0 saturated carbocycles. The van der Waals surface area contributed by atoms with E-state index in [1.807, 2.05) is 6.20 Å². The SMILES string of the molecule is CCCCCc1[nH]cc[n+]1C.[Br-]. The van der Waals surface area contributed by atoms with Gasteiger partial charge in [-0.15, -0.1) is 0 Å². The van der Waals surface area contributed by atoms with Gasteiger partial charge in [0.25, 0.3) is 5.82 Å². The lowest BCUT2D eigenvalue weighted by atomic mass is 10.2. The molecule has 2 nitrogen and oxygen atoms in total. The highest BCUT2D eigenvalue weighted by Crippen LogP contribution is 1.99. The highest BCUT2D eigenvalue weighted by Gasteiger charge is 2.03. The number of nitrogens with one attached hydrogen (secondary N) is 1. The first-order valence-electron chi connectivity index (χ1n) is 4.36. The predicted molar refractivity (Wildman–Crippen MR) is 45.2 cm³/mol. The third-order valence-electron chi connectivity index (χ3n) is 1.99. The van der Waals surface area contributed by atoms with Gasteiger partial charge < -0.3 is 17.0 Å². The summed E-state index contributed by atoms with van der Waals surface area (Å²) in [4.78, 5) is 3.23. The molecule has 0 bridgehead atoms. The first-order chi connectivity index (χ1) is 5.34. The Balaban J connectivity index is 0.00000121. The molecule has 0 fully saturated rings. The molecule has 0 spiro atoms. The van der Waals surface area contributed by atoms with Gasteiger partial charge in [-0.25, -0.2) is 9.55 Å². The fourth-order valence-electron chi connectivity index (χ4n) is 1.23. The third-order valence-corrected chi connectivity index (χ3v) is 1.99. The van der Waals surface area contributed by atoms with Crippen molar-refractivity contribution in [3.63, 3.8) is 0 Å². The molecule has 1 aromatic rings. The molecule has 0 aliphatic carbocycles. The lowest BCUT2D eigenvalue weighted by molar-refractivity contribution is -0.677. The molecule has 0 atom stereocenters. The molecule has 0 aliphatic heterocycles. The molecule has 0 aliphatic rings. The lowest BCUT2D eigenvalue weighted by Gasteiger charge is -1.93. The maximum atomic E-state index is 3.23. The van der Waals surface area contributed by atoms with Crippen LogP contribution < -0.4 is 21.5 Å². The van der Waals surface area contributed by atoms with Gasteiger partial charge in [0.1, 0.15) is 12.4 Å². The molecule has 1 aromatic heterocycles. The molecule has 70 valence electrons. The van der Waals surface area contributed by atoms with Crippen molar-refractivity contribution in [1.82, 2.24) is 4.98 Å². The summed E-state index contributed by atoms with van der Waals surface area (Å²) in [7, 11) is 2.08. The Morgan fingerprint density at radius 3 is 2.67 bits per heavy atom. The van der Waals surface area contributed by atoms with Gasteiger partial charge in [-0.05, 0) is 6.42 Å². The molecular formula is C9H17BrN2. The van der Waals surface area contributed by atoms with Gasteiger partial charge in [0, 0.05) is 6.42 Å². The van der Waals surface area contributed by atoms with E-state index in [-0.39, 0.29) is 17.0 Å². The average molecular weight is 233 g/mol. The third kappa shape index (κ3) is 3.39. The van der Waals surface area contributed by atoms with E-state index in [2.05, 4.69) is 29.7 Å². The van der Waals surface area contributed by atoms with Crippen LogP contribution in [-0.2, 0) is 13.5 Å². The van der Waals surface area contributed by atoms with Crippen LogP contribution in [0.25, 0.3) is 0 Å². The molecular weight excluding hydrogens is 216 g/mol. The summed E-state index contributed by atoms with van der Waals surface area (Å²) in [6, 6.07) is 0. The number of aromatic amines is 1. The molecule has 0 aromatic carbocycles. The molecule has 12 heavy (non-hydrogen) atoms. The zero-order chi connectivity index (χ0) is 8.10. The topological polar surface area (TPSA) is 19.7 Å². The van der Waals surface area contributed by atoms with Crippen molar-refractivity contribution in [1.29, 1.82) is 0 Å². The monoisotopic (exact) mass is 232 g/mol. The van der Waals surface area contributed by atoms with Gasteiger partial charge in [-0.2, -0.15) is 0 Å². The summed E-state index contributed by atoms with van der Waals surface area (Å²) in [5.74, 6) is 1.33. The van der Waals surface area contributed by atoms with Crippen molar-refractivity contribution in [2.75, 3.05) is 0 Å². The molecule has 0 saturated heterocycles. The van der Waals surface area contributed by atoms with Crippen molar-refractivity contribution in [3.8, 4) is 0 Å². The second kappa shape index (κ2) is 6.23. The van der Waals surface area contributed by atoms with E-state index in [4.69, 9.17) is 0 Å². The quantitative estimate of drug-likeness (QED) is 0.486. The van der Waals surface area contributed by atoms with Gasteiger partial charge in [0.05, 0.1) is 7.05 Å². The van der Waals surface area contributed by atoms with E-state index in [9.17, 15) is 0 Å². The number of hydrogen-bond acceptors (Lipinski definition) is 0. The Labute approximate surface area is 84.8 Å². The zero-order valence-corrected chi connectivity index (χ0v) is 9.39. The van der Waals surface area contributed by atoms with E-state index in [1.165, 1.54) is 31.5 Å². The maximum Gasteiger partial charge on any atom is 0.253 e. The zero-order valence-electron chi connectivity index (χ0n) is 7.81. The van der Waals surface area contributed by atoms with Gasteiger partial charge in [0.2, 0.25) is 0 Å². The largest absolute Gasteiger partial charge is 1.00 e. The fourth-order valence-corrected chi connectivity index (χ4v) is 1.23. The molecule has 1 N–H and O–H groups in total. The van der Waals surface area contributed by atoms with Crippen LogP contribution in [0.15, 0.2) is 12.4 Å². The van der Waals surface area contributed by atoms with Crippen LogP contribution in [0.4, 0.5) is 0 Å². The normalized spacial score (nSPS) is 9.50. The number of hydrogen-bond donors (Lipinski definition) is 1. The number of H-pyrrole nitrogens is 1. The summed E-state index contributed by atoms with van der Waals surface area (Å²) < 4.78 is 2.15. The van der Waals surface area contributed by atoms with Gasteiger partial charge >= 0.3 is 0 Å². The minimum Gasteiger partial charge on any atom is -1.00 e. The second-order valence-corrected chi connectivity index (χ2v) is 2.97. The van der Waals surface area contributed by atoms with Gasteiger partial charge in [-0.3, -0.25) is 0 Å². The average Bonchev–Trinajstić information content (AvgIpc) is 2.37. The van der Waals surface area contributed by atoms with Crippen LogP contribution in [0.5, 0.6) is 0 Å². The molecule has 3 heteroatoms. The van der Waals surface area contributed by atoms with Crippen LogP contribution in [0.2, 0.25) is 0 Å². The summed E-state index contributed by atoms with van der Waals surface area (Å²) in [5, 5.41) is 0. The number of nitrogens with zero attached hydrogens (tertiary/aromatic N) is 1. The highest BCUT2D eigenvalue weighted by atomic mass is 79.9. The fraction of sp³-hybridized carbons (Fsp3) is 0.667. The first kappa shape index (κ1) is 11.7. The maximum absolute atomic E-state index is 3.23. The first-order valence-corrected chi connectivity index (χ1v) is 4.36. The Morgan fingerprint density at radius 1 is 1.42 bits per heavy atom. The number of rotatable bonds is 4. The van der Waals surface area contributed by atoms with Gasteiger partial charge in [0.15, 0.2) is 0 Å². The highest BCUT2D eigenvalue weighted by molar-refractivity contribution is 4.76. The molecule has 1 heterocycles. The van der Waals surface area contributed by atoms with E-state index in [0.29, 0.717) is 0 Å². The van der Waals surface area contributed by atoms with E-state index >= 15 is 0 Å². The minimum atomic E-state index is 0. The van der Waals surface area contributed by atoms with Crippen LogP contribution in [0, 0.1) is 0 Å². The van der Waals surface area contributed by atoms with Crippen molar-refractivity contribution in [3.05, 3.63) is 18.2 Å². The summed E-state index contributed by atoms with van der Waals surface area (Å²) >= 11 is 0. The summed E-state index contributed by atoms with van der Waals surface area (Å²) in [5.41, 5.74) is 0. The Kier molecular flexibility index (Phi) is 6.07. The number of imidazole rings is 1. The Hall–Kier alpha value is -0.310. The van der Waals surface area contributed by atoms with Crippen LogP contribution >= 0.6 is 0 Å². The van der Waals surface area contributed by atoms with Crippen molar-refractivity contribution >= 4 is 0 Å². The molecule has 0 radical (unpaired) electrons. The van der Waals surface area contributed by atoms with Crippen LogP contribution in [0.3, 0.4) is 0 Å². The van der Waals surface area contributed by atoms with Crippen molar-refractivity contribution < 1.29 is 21.5 Å². The standard InChI is InChI=1S/C9H16N2.BrH/c1-3-4-5-6-9-10-7-8-11(9)2;/h7-8H,3-6H2,1-2H3;1H. The van der Waals surface area contributed by atoms with Crippen molar-refractivity contribution in [2.45, 2.75) is 32.6 Å². The van der Waals surface area contributed by atoms with E-state index in [0.717, 1.165) is 0 Å². The van der Waals surface area contributed by atoms with Crippen LogP contribution in [-0.4, -0.2) is 4.98 Å². The number of unbranched alkanes of at least 4 members (excludes halogenated alkanes) is 2. The second-order valence-electron chi connectivity index (χ2n) is 2.97. The summed E-state index contributed by atoms with van der Waals surface area (Å²) in [6.45, 7) is 2.23. The molecule has 0 unspecified atom stereocenters. The van der Waals surface area contributed by atoms with E-state index < -0.39 is 0 Å². The van der Waals surface area contributed by atoms with E-state index in [1.54, 1.807) is 0 Å². The number of aryl methyl sites for hydroxylation is 2. The summed E-state index contributed by atoms with van der Waals surface area (Å²) in [6.07, 6.45) is 9.15. The predicted octanol–water partition coefficient (Wildman–Crippen LogP) is -1.42.